The van der Waals surface area contributed by atoms with Crippen molar-refractivity contribution in [2.45, 2.75) is 155 Å². The number of carbonyl (C=O) groups is 2. The van der Waals surface area contributed by atoms with Gasteiger partial charge in [0.2, 0.25) is 0 Å². The molecule has 0 spiro atoms. The molecule has 0 amide bonds. The standard InChI is InChI=1S/C20H32O2.C15H16F6O3.C14H14/c1-5-19(3,4)18(21)22-20(6-2)11-14-10-15(20)17-13-8-7-12(9-13)16(14)17;1-3-9(2)11-6-4-10(5-7-11)8-24-12(22)13(23,14(16,17)18)15(19,20)21;1-9-10(2)13-8-4-6-11-5-3-7-12(9)14(11)13/h12-17H,5-11H2,1-4H3;4-7,9,23H,3,8H2,1-2H3;3-10H,1-2H3. The van der Waals surface area contributed by atoms with E-state index >= 15 is 0 Å². The van der Waals surface area contributed by atoms with Gasteiger partial charge in [-0.2, -0.15) is 26.3 Å². The van der Waals surface area contributed by atoms with Crippen LogP contribution in [-0.2, 0) is 25.7 Å². The number of fused-ring (bicyclic) bond motifs is 9. The Kier molecular flexibility index (Phi) is 13.0. The third-order valence-corrected chi connectivity index (χ3v) is 15.6. The first-order valence-corrected chi connectivity index (χ1v) is 21.9. The zero-order chi connectivity index (χ0) is 44.2. The summed E-state index contributed by atoms with van der Waals surface area (Å²) >= 11 is 0. The smallest absolute Gasteiger partial charge is 0.437 e. The highest BCUT2D eigenvalue weighted by molar-refractivity contribution is 5.92. The minimum absolute atomic E-state index is 0.0455. The Morgan fingerprint density at radius 2 is 1.33 bits per heavy atom. The van der Waals surface area contributed by atoms with E-state index in [4.69, 9.17) is 9.84 Å². The number of rotatable bonds is 9. The Balaban J connectivity index is 0.000000155. The molecule has 4 bridgehead atoms. The molecule has 330 valence electrons. The molecule has 0 saturated heterocycles. The molecule has 4 saturated carbocycles. The van der Waals surface area contributed by atoms with E-state index in [1.165, 1.54) is 59.7 Å². The summed E-state index contributed by atoms with van der Waals surface area (Å²) in [5.41, 5.74) is -1.83. The van der Waals surface area contributed by atoms with Crippen molar-refractivity contribution < 1.29 is 50.5 Å². The maximum Gasteiger partial charge on any atom is 0.437 e. The normalized spacial score (nSPS) is 29.3. The number of carbonyl (C=O) groups excluding carboxylic acids is 2. The molecule has 0 radical (unpaired) electrons. The lowest BCUT2D eigenvalue weighted by Gasteiger charge is -2.46. The molecule has 3 aromatic carbocycles. The molecule has 3 aromatic rings. The second kappa shape index (κ2) is 16.9. The minimum Gasteiger partial charge on any atom is -0.458 e. The summed E-state index contributed by atoms with van der Waals surface area (Å²) in [6, 6.07) is 19.5. The van der Waals surface area contributed by atoms with Crippen LogP contribution >= 0.6 is 0 Å². The highest BCUT2D eigenvalue weighted by atomic mass is 19.4. The van der Waals surface area contributed by atoms with E-state index in [-0.39, 0.29) is 28.5 Å². The number of benzene rings is 3. The molecule has 8 rings (SSSR count). The average molecular weight is 845 g/mol. The summed E-state index contributed by atoms with van der Waals surface area (Å²) in [4.78, 5) is 24.0. The van der Waals surface area contributed by atoms with Crippen LogP contribution in [0.4, 0.5) is 26.3 Å². The Labute approximate surface area is 351 Å². The molecule has 0 aromatic heterocycles. The topological polar surface area (TPSA) is 72.8 Å². The monoisotopic (exact) mass is 844 g/mol. The molecule has 11 heteroatoms. The fourth-order valence-corrected chi connectivity index (χ4v) is 11.3. The van der Waals surface area contributed by atoms with Crippen molar-refractivity contribution in [3.8, 4) is 0 Å². The van der Waals surface area contributed by atoms with Crippen molar-refractivity contribution in [1.82, 2.24) is 0 Å². The largest absolute Gasteiger partial charge is 0.458 e. The highest BCUT2D eigenvalue weighted by Crippen LogP contribution is 2.71. The summed E-state index contributed by atoms with van der Waals surface area (Å²) in [5, 5.41) is 11.8. The fraction of sp³-hybridized carbons (Fsp3) is 0.633. The lowest BCUT2D eigenvalue weighted by Crippen LogP contribution is -2.62. The number of hydrogen-bond donors (Lipinski definition) is 1. The van der Waals surface area contributed by atoms with Gasteiger partial charge >= 0.3 is 29.9 Å². The summed E-state index contributed by atoms with van der Waals surface area (Å²) < 4.78 is 85.3. The lowest BCUT2D eigenvalue weighted by molar-refractivity contribution is -0.357. The van der Waals surface area contributed by atoms with Gasteiger partial charge in [-0.15, -0.1) is 0 Å². The first kappa shape index (κ1) is 45.9. The van der Waals surface area contributed by atoms with Crippen LogP contribution in [0.1, 0.15) is 147 Å². The maximum absolute atomic E-state index is 12.7. The van der Waals surface area contributed by atoms with Crippen LogP contribution in [0.3, 0.4) is 0 Å². The quantitative estimate of drug-likeness (QED) is 0.132. The van der Waals surface area contributed by atoms with Gasteiger partial charge in [0.05, 0.1) is 5.41 Å². The van der Waals surface area contributed by atoms with E-state index < -0.39 is 30.5 Å². The van der Waals surface area contributed by atoms with E-state index in [9.17, 15) is 35.9 Å². The molecule has 5 aliphatic rings. The third-order valence-electron chi connectivity index (χ3n) is 15.6. The van der Waals surface area contributed by atoms with Crippen LogP contribution in [0.2, 0.25) is 0 Å². The van der Waals surface area contributed by atoms with Gasteiger partial charge in [0.25, 0.3) is 0 Å². The minimum atomic E-state index is -6.25. The van der Waals surface area contributed by atoms with E-state index in [1.54, 1.807) is 12.1 Å². The molecule has 0 heterocycles. The zero-order valence-electron chi connectivity index (χ0n) is 36.2. The van der Waals surface area contributed by atoms with Gasteiger partial charge in [-0.25, -0.2) is 4.79 Å². The van der Waals surface area contributed by atoms with Gasteiger partial charge in [-0.1, -0.05) is 102 Å². The Bertz CT molecular complexity index is 1950. The molecule has 0 aliphatic heterocycles. The van der Waals surface area contributed by atoms with Gasteiger partial charge in [0, 0.05) is 5.92 Å². The first-order valence-electron chi connectivity index (χ1n) is 21.9. The molecule has 5 aliphatic carbocycles. The fourth-order valence-electron chi connectivity index (χ4n) is 11.3. The Morgan fingerprint density at radius 3 is 1.83 bits per heavy atom. The number of esters is 2. The lowest BCUT2D eigenvalue weighted by atomic mass is 9.65. The van der Waals surface area contributed by atoms with Crippen LogP contribution < -0.4 is 0 Å². The average Bonchev–Trinajstić information content (AvgIpc) is 4.05. The van der Waals surface area contributed by atoms with Crippen molar-refractivity contribution >= 4 is 22.7 Å². The zero-order valence-corrected chi connectivity index (χ0v) is 36.2. The summed E-state index contributed by atoms with van der Waals surface area (Å²) in [5.74, 6) is 4.17. The highest BCUT2D eigenvalue weighted by Gasteiger charge is 2.76. The van der Waals surface area contributed by atoms with E-state index in [0.29, 0.717) is 17.8 Å². The van der Waals surface area contributed by atoms with Gasteiger partial charge in [0.1, 0.15) is 12.2 Å². The molecule has 10 atom stereocenters. The van der Waals surface area contributed by atoms with E-state index in [0.717, 1.165) is 60.8 Å². The molecule has 4 fully saturated rings. The van der Waals surface area contributed by atoms with Crippen LogP contribution in [0.25, 0.3) is 10.8 Å². The summed E-state index contributed by atoms with van der Waals surface area (Å²) in [7, 11) is 0. The molecule has 10 unspecified atom stereocenters. The SMILES string of the molecule is CC1c2cccc3cccc(c23)C1C.CCC(C)(C)C(=O)OC1(CC)CC2CC1C1C3CCC(C3)C21.CCC(C)c1ccc(COC(=O)C(O)(C(F)(F)F)C(F)(F)F)cc1. The van der Waals surface area contributed by atoms with Crippen molar-refractivity contribution in [2.75, 3.05) is 0 Å². The summed E-state index contributed by atoms with van der Waals surface area (Å²) in [6.07, 6.45) is -2.86. The first-order chi connectivity index (χ1) is 28.0. The Morgan fingerprint density at radius 1 is 0.783 bits per heavy atom. The molecular weight excluding hydrogens is 783 g/mol. The van der Waals surface area contributed by atoms with Crippen LogP contribution in [0.15, 0.2) is 60.7 Å². The number of aliphatic hydroxyl groups is 1. The molecule has 1 N–H and O–H groups in total. The van der Waals surface area contributed by atoms with Gasteiger partial charge in [0.15, 0.2) is 0 Å². The number of halogens is 6. The van der Waals surface area contributed by atoms with Crippen molar-refractivity contribution in [3.63, 3.8) is 0 Å². The maximum atomic E-state index is 12.7. The Hall–Kier alpha value is -3.60. The third kappa shape index (κ3) is 8.10. The second-order valence-electron chi connectivity index (χ2n) is 19.0. The summed E-state index contributed by atoms with van der Waals surface area (Å²) in [6.45, 7) is 16.1. The number of hydrogen-bond acceptors (Lipinski definition) is 5. The molecule has 5 nitrogen and oxygen atoms in total. The molecular formula is C49H62F6O5. The van der Waals surface area contributed by atoms with Crippen molar-refractivity contribution in [1.29, 1.82) is 0 Å². The van der Waals surface area contributed by atoms with Crippen LogP contribution in [-0.4, -0.2) is 40.6 Å². The van der Waals surface area contributed by atoms with Crippen molar-refractivity contribution in [3.05, 3.63) is 82.9 Å². The number of alkyl halides is 6. The van der Waals surface area contributed by atoms with Gasteiger partial charge in [-0.05, 0) is 146 Å². The van der Waals surface area contributed by atoms with Gasteiger partial charge < -0.3 is 14.6 Å². The van der Waals surface area contributed by atoms with E-state index in [2.05, 4.69) is 68.8 Å². The van der Waals surface area contributed by atoms with Crippen molar-refractivity contribution in [2.24, 2.45) is 40.9 Å². The molecule has 60 heavy (non-hydrogen) atoms. The van der Waals surface area contributed by atoms with Gasteiger partial charge in [-0.3, -0.25) is 4.79 Å². The second-order valence-corrected chi connectivity index (χ2v) is 19.0. The van der Waals surface area contributed by atoms with E-state index in [1.807, 2.05) is 27.7 Å². The van der Waals surface area contributed by atoms with Crippen LogP contribution in [0, 0.1) is 40.9 Å². The predicted molar refractivity (Wildman–Crippen MR) is 220 cm³/mol. The van der Waals surface area contributed by atoms with Crippen LogP contribution in [0.5, 0.6) is 0 Å². The number of ether oxygens (including phenoxy) is 2. The predicted octanol–water partition coefficient (Wildman–Crippen LogP) is 13.0.